The van der Waals surface area contributed by atoms with Crippen molar-refractivity contribution in [3.05, 3.63) is 95.8 Å². The van der Waals surface area contributed by atoms with Crippen LogP contribution in [0.5, 0.6) is 0 Å². The molecule has 0 saturated carbocycles. The molecule has 149 valence electrons. The molecule has 4 rings (SSSR count). The van der Waals surface area contributed by atoms with E-state index in [9.17, 15) is 0 Å². The fourth-order valence-corrected chi connectivity index (χ4v) is 2.83. The van der Waals surface area contributed by atoms with Crippen molar-refractivity contribution < 1.29 is 20.1 Å². The Morgan fingerprint density at radius 1 is 0.552 bits per heavy atom. The molecular weight excluding hydrogens is 537 g/mol. The molecule has 2 heterocycles. The summed E-state index contributed by atoms with van der Waals surface area (Å²) in [5.41, 5.74) is 7.58. The molecule has 0 saturated heterocycles. The Hall–Kier alpha value is -2.75. The predicted octanol–water partition coefficient (Wildman–Crippen LogP) is 5.12. The molecule has 0 spiro atoms. The van der Waals surface area contributed by atoms with Gasteiger partial charge in [-0.3, -0.25) is 9.97 Å². The summed E-state index contributed by atoms with van der Waals surface area (Å²) in [4.78, 5) is 17.2. The number of hydrogen-bond donors (Lipinski definition) is 0. The molecule has 0 aliphatic heterocycles. The molecule has 5 heteroatoms. The van der Waals surface area contributed by atoms with Crippen molar-refractivity contribution in [2.75, 3.05) is 0 Å². The number of rotatable bonds is 2. The van der Waals surface area contributed by atoms with Crippen LogP contribution < -0.4 is 0 Å². The normalized spacial score (nSPS) is 9.79. The molecule has 1 radical (unpaired) electrons. The third kappa shape index (κ3) is 6.11. The molecule has 0 fully saturated rings. The number of benzene rings is 2. The number of aryl methyl sites for hydroxylation is 4. The summed E-state index contributed by atoms with van der Waals surface area (Å²) in [5, 5.41) is 0. The van der Waals surface area contributed by atoms with Gasteiger partial charge in [-0.15, -0.1) is 12.4 Å². The quantitative estimate of drug-likeness (QED) is 0.321. The molecular formula is C24H22IrN4-2. The van der Waals surface area contributed by atoms with Gasteiger partial charge in [0.15, 0.2) is 0 Å². The van der Waals surface area contributed by atoms with E-state index in [1.54, 1.807) is 0 Å². The molecule has 0 bridgehead atoms. The summed E-state index contributed by atoms with van der Waals surface area (Å²) in [6, 6.07) is 20.1. The van der Waals surface area contributed by atoms with E-state index >= 15 is 0 Å². The van der Waals surface area contributed by atoms with Gasteiger partial charge in [0.1, 0.15) is 0 Å². The first-order valence-electron chi connectivity index (χ1n) is 9.11. The van der Waals surface area contributed by atoms with Gasteiger partial charge in [-0.05, 0) is 50.5 Å². The van der Waals surface area contributed by atoms with Gasteiger partial charge >= 0.3 is 0 Å². The molecule has 0 aliphatic carbocycles. The van der Waals surface area contributed by atoms with Crippen LogP contribution in [0.25, 0.3) is 22.5 Å². The smallest absolute Gasteiger partial charge is 0 e. The summed E-state index contributed by atoms with van der Waals surface area (Å²) in [6.45, 7) is 7.73. The Kier molecular flexibility index (Phi) is 8.32. The number of hydrogen-bond acceptors (Lipinski definition) is 4. The Balaban J connectivity index is 0.000000200. The molecule has 0 amide bonds. The van der Waals surface area contributed by atoms with Gasteiger partial charge in [-0.1, -0.05) is 83.2 Å². The second-order valence-corrected chi connectivity index (χ2v) is 6.44. The molecule has 2 aromatic heterocycles. The van der Waals surface area contributed by atoms with Crippen molar-refractivity contribution >= 4 is 0 Å². The minimum atomic E-state index is 0. The van der Waals surface area contributed by atoms with Gasteiger partial charge in [-0.2, -0.15) is 0 Å². The molecule has 29 heavy (non-hydrogen) atoms. The van der Waals surface area contributed by atoms with Crippen LogP contribution in [0.1, 0.15) is 22.8 Å². The van der Waals surface area contributed by atoms with Gasteiger partial charge in [0.2, 0.25) is 0 Å². The van der Waals surface area contributed by atoms with E-state index in [0.717, 1.165) is 45.3 Å². The fourth-order valence-electron chi connectivity index (χ4n) is 2.83. The Labute approximate surface area is 185 Å². The van der Waals surface area contributed by atoms with Crippen LogP contribution in [0.3, 0.4) is 0 Å². The largest absolute Gasteiger partial charge is 0.448 e. The summed E-state index contributed by atoms with van der Waals surface area (Å²) >= 11 is 0. The van der Waals surface area contributed by atoms with E-state index in [1.807, 2.05) is 88.4 Å². The average molecular weight is 559 g/mol. The molecule has 0 N–H and O–H groups in total. The summed E-state index contributed by atoms with van der Waals surface area (Å²) in [5.74, 6) is 0. The predicted molar refractivity (Wildman–Crippen MR) is 112 cm³/mol. The van der Waals surface area contributed by atoms with Gasteiger partial charge in [0, 0.05) is 20.1 Å². The van der Waals surface area contributed by atoms with Crippen molar-refractivity contribution in [3.8, 4) is 22.5 Å². The Morgan fingerprint density at radius 2 is 0.897 bits per heavy atom. The zero-order valence-corrected chi connectivity index (χ0v) is 19.3. The summed E-state index contributed by atoms with van der Waals surface area (Å²) < 4.78 is 0. The summed E-state index contributed by atoms with van der Waals surface area (Å²) in [6.07, 6.45) is 5.76. The van der Waals surface area contributed by atoms with Gasteiger partial charge < -0.3 is 9.97 Å². The van der Waals surface area contributed by atoms with E-state index in [4.69, 9.17) is 0 Å². The molecule has 0 atom stereocenters. The van der Waals surface area contributed by atoms with Crippen LogP contribution in [-0.2, 0) is 20.1 Å². The first kappa shape index (κ1) is 22.5. The third-order valence-corrected chi connectivity index (χ3v) is 4.11. The van der Waals surface area contributed by atoms with Crippen LogP contribution in [-0.4, -0.2) is 19.9 Å². The minimum Gasteiger partial charge on any atom is -0.448 e. The monoisotopic (exact) mass is 559 g/mol. The fraction of sp³-hybridized carbons (Fsp3) is 0.167. The molecule has 4 nitrogen and oxygen atoms in total. The number of aromatic nitrogens is 4. The van der Waals surface area contributed by atoms with Crippen molar-refractivity contribution in [2.45, 2.75) is 27.7 Å². The zero-order chi connectivity index (χ0) is 19.9. The SMILES string of the molecule is Cc1[c-]nc(-c2ccccc2)c(C)n1.Cc1[c-]nc(-c2ccccc2)c(C)n1.[Ir]. The maximum absolute atomic E-state index is 4.33. The van der Waals surface area contributed by atoms with Crippen LogP contribution in [0.2, 0.25) is 0 Å². The third-order valence-electron chi connectivity index (χ3n) is 4.11. The second kappa shape index (κ2) is 10.7. The van der Waals surface area contributed by atoms with Crippen LogP contribution in [0, 0.1) is 40.1 Å². The topological polar surface area (TPSA) is 51.6 Å². The first-order valence-corrected chi connectivity index (χ1v) is 9.11. The zero-order valence-electron chi connectivity index (χ0n) is 16.9. The Bertz CT molecular complexity index is 964. The molecule has 0 unspecified atom stereocenters. The Morgan fingerprint density at radius 3 is 1.21 bits per heavy atom. The van der Waals surface area contributed by atoms with Gasteiger partial charge in [0.25, 0.3) is 0 Å². The first-order chi connectivity index (χ1) is 13.5. The average Bonchev–Trinajstić information content (AvgIpc) is 2.70. The standard InChI is InChI=1S/2C12H11N2.Ir/c2*1-9-8-13-12(10(2)14-9)11-6-4-3-5-7-11;/h2*3-7H,1-2H3;/q2*-1;. The molecule has 2 aromatic carbocycles. The molecule has 0 aliphatic rings. The maximum Gasteiger partial charge on any atom is 0 e. The van der Waals surface area contributed by atoms with E-state index < -0.39 is 0 Å². The van der Waals surface area contributed by atoms with E-state index in [0.29, 0.717) is 0 Å². The van der Waals surface area contributed by atoms with Crippen molar-refractivity contribution in [2.24, 2.45) is 0 Å². The van der Waals surface area contributed by atoms with Crippen LogP contribution >= 0.6 is 0 Å². The van der Waals surface area contributed by atoms with Crippen molar-refractivity contribution in [1.82, 2.24) is 19.9 Å². The van der Waals surface area contributed by atoms with Crippen molar-refractivity contribution in [3.63, 3.8) is 0 Å². The van der Waals surface area contributed by atoms with E-state index in [-0.39, 0.29) is 20.1 Å². The minimum absolute atomic E-state index is 0. The van der Waals surface area contributed by atoms with Gasteiger partial charge in [-0.25, -0.2) is 0 Å². The maximum atomic E-state index is 4.33. The summed E-state index contributed by atoms with van der Waals surface area (Å²) in [7, 11) is 0. The van der Waals surface area contributed by atoms with Crippen LogP contribution in [0.4, 0.5) is 0 Å². The second-order valence-electron chi connectivity index (χ2n) is 6.44. The number of nitrogens with zero attached hydrogens (tertiary/aromatic N) is 4. The molecule has 4 aromatic rings. The van der Waals surface area contributed by atoms with E-state index in [1.165, 1.54) is 0 Å². The van der Waals surface area contributed by atoms with Crippen LogP contribution in [0.15, 0.2) is 60.7 Å². The van der Waals surface area contributed by atoms with Crippen molar-refractivity contribution in [1.29, 1.82) is 0 Å². The van der Waals surface area contributed by atoms with E-state index in [2.05, 4.69) is 32.3 Å². The van der Waals surface area contributed by atoms with Gasteiger partial charge in [0.05, 0.1) is 0 Å².